The van der Waals surface area contributed by atoms with E-state index in [1.54, 1.807) is 24.5 Å². The highest BCUT2D eigenvalue weighted by Gasteiger charge is 2.11. The number of carboxylic acid groups (broad SMARTS) is 1. The van der Waals surface area contributed by atoms with Crippen molar-refractivity contribution in [3.63, 3.8) is 0 Å². The molecule has 26 heavy (non-hydrogen) atoms. The maximum absolute atomic E-state index is 11.3. The number of para-hydroxylation sites is 1. The van der Waals surface area contributed by atoms with E-state index in [9.17, 15) is 9.90 Å². The summed E-state index contributed by atoms with van der Waals surface area (Å²) in [6, 6.07) is 6.96. The molecule has 0 saturated carbocycles. The van der Waals surface area contributed by atoms with Crippen LogP contribution < -0.4 is 10.3 Å². The van der Waals surface area contributed by atoms with E-state index in [1.165, 1.54) is 6.33 Å². The van der Waals surface area contributed by atoms with Gasteiger partial charge in [-0.05, 0) is 19.9 Å². The third-order valence-electron chi connectivity index (χ3n) is 4.10. The average molecular weight is 352 g/mol. The topological polar surface area (TPSA) is 106 Å². The van der Waals surface area contributed by atoms with Crippen LogP contribution in [0.1, 0.15) is 29.8 Å². The summed E-state index contributed by atoms with van der Waals surface area (Å²) >= 11 is 0. The lowest BCUT2D eigenvalue weighted by molar-refractivity contribution is 0.0699. The monoisotopic (exact) mass is 352 g/mol. The number of aromatic carboxylic acids is 1. The minimum atomic E-state index is -0.969. The van der Waals surface area contributed by atoms with Crippen LogP contribution in [0.3, 0.4) is 0 Å². The van der Waals surface area contributed by atoms with Crippen molar-refractivity contribution in [2.75, 3.05) is 23.4 Å². The first-order chi connectivity index (χ1) is 12.6. The number of carbonyl (C=O) groups is 1. The van der Waals surface area contributed by atoms with Crippen molar-refractivity contribution < 1.29 is 9.90 Å². The molecular formula is C18H20N6O2. The fourth-order valence-corrected chi connectivity index (χ4v) is 2.76. The Bertz CT molecular complexity index is 946. The van der Waals surface area contributed by atoms with Gasteiger partial charge in [-0.25, -0.2) is 14.8 Å². The van der Waals surface area contributed by atoms with Crippen LogP contribution in [0.25, 0.3) is 10.9 Å². The molecule has 3 rings (SSSR count). The lowest BCUT2D eigenvalue weighted by atomic mass is 10.1. The molecule has 0 aliphatic carbocycles. The van der Waals surface area contributed by atoms with Crippen molar-refractivity contribution in [3.8, 4) is 0 Å². The van der Waals surface area contributed by atoms with E-state index in [-0.39, 0.29) is 5.56 Å². The summed E-state index contributed by atoms with van der Waals surface area (Å²) in [6.45, 7) is 5.85. The van der Waals surface area contributed by atoms with Crippen LogP contribution in [0, 0.1) is 0 Å². The molecule has 0 radical (unpaired) electrons. The number of carboxylic acids is 1. The summed E-state index contributed by atoms with van der Waals surface area (Å²) in [5, 5.41) is 14.2. The van der Waals surface area contributed by atoms with Crippen LogP contribution in [0.2, 0.25) is 0 Å². The summed E-state index contributed by atoms with van der Waals surface area (Å²) in [6.07, 6.45) is 4.85. The third-order valence-corrected chi connectivity index (χ3v) is 4.10. The zero-order valence-corrected chi connectivity index (χ0v) is 14.6. The van der Waals surface area contributed by atoms with Gasteiger partial charge in [0.2, 0.25) is 0 Å². The van der Waals surface area contributed by atoms with Crippen molar-refractivity contribution in [1.82, 2.24) is 15.0 Å². The predicted octanol–water partition coefficient (Wildman–Crippen LogP) is 2.95. The molecule has 0 spiro atoms. The van der Waals surface area contributed by atoms with Crippen LogP contribution in [0.15, 0.2) is 41.9 Å². The molecule has 0 fully saturated rings. The number of hydrazone groups is 1. The first-order valence-corrected chi connectivity index (χ1v) is 8.33. The van der Waals surface area contributed by atoms with Gasteiger partial charge in [0.25, 0.3) is 0 Å². The molecule has 0 bridgehead atoms. The SMILES string of the molecule is CCN(CC)c1cc(N/N=C/c2c[nH]c3c(C(=O)O)cccc23)ncn1. The number of aromatic amines is 1. The van der Waals surface area contributed by atoms with E-state index in [1.807, 2.05) is 12.1 Å². The standard InChI is InChI=1S/C18H20N6O2/c1-3-24(4-2)16-8-15(20-11-21-16)23-22-10-12-9-19-17-13(12)6-5-7-14(17)18(25)26/h5-11,19H,3-4H2,1-2H3,(H,25,26)(H,20,21,23)/b22-10+. The number of nitrogens with zero attached hydrogens (tertiary/aromatic N) is 4. The lowest BCUT2D eigenvalue weighted by Gasteiger charge is -2.19. The molecule has 0 saturated heterocycles. The molecule has 2 aromatic heterocycles. The van der Waals surface area contributed by atoms with Crippen LogP contribution >= 0.6 is 0 Å². The first-order valence-electron chi connectivity index (χ1n) is 8.33. The van der Waals surface area contributed by atoms with E-state index in [2.05, 4.69) is 44.2 Å². The summed E-state index contributed by atoms with van der Waals surface area (Å²) in [4.78, 5) is 24.8. The molecule has 2 heterocycles. The number of benzene rings is 1. The Morgan fingerprint density at radius 1 is 1.35 bits per heavy atom. The summed E-state index contributed by atoms with van der Waals surface area (Å²) in [5.74, 6) is 0.453. The molecule has 0 unspecified atom stereocenters. The molecule has 3 N–H and O–H groups in total. The van der Waals surface area contributed by atoms with Crippen molar-refractivity contribution in [3.05, 3.63) is 47.9 Å². The lowest BCUT2D eigenvalue weighted by Crippen LogP contribution is -2.23. The number of fused-ring (bicyclic) bond motifs is 1. The van der Waals surface area contributed by atoms with Gasteiger partial charge in [-0.2, -0.15) is 5.10 Å². The molecular weight excluding hydrogens is 332 g/mol. The Morgan fingerprint density at radius 2 is 2.15 bits per heavy atom. The first kappa shape index (κ1) is 17.4. The zero-order valence-electron chi connectivity index (χ0n) is 14.6. The zero-order chi connectivity index (χ0) is 18.5. The summed E-state index contributed by atoms with van der Waals surface area (Å²) in [5.41, 5.74) is 4.48. The number of H-pyrrole nitrogens is 1. The molecule has 0 aliphatic rings. The van der Waals surface area contributed by atoms with E-state index in [4.69, 9.17) is 0 Å². The van der Waals surface area contributed by atoms with Crippen LogP contribution in [0.4, 0.5) is 11.6 Å². The van der Waals surface area contributed by atoms with Crippen LogP contribution in [0.5, 0.6) is 0 Å². The third kappa shape index (κ3) is 3.49. The average Bonchev–Trinajstić information content (AvgIpc) is 3.06. The van der Waals surface area contributed by atoms with Gasteiger partial charge >= 0.3 is 5.97 Å². The molecule has 0 aliphatic heterocycles. The highest BCUT2D eigenvalue weighted by molar-refractivity contribution is 6.07. The normalized spacial score (nSPS) is 11.2. The molecule has 0 amide bonds. The molecule has 1 aromatic carbocycles. The van der Waals surface area contributed by atoms with E-state index in [0.29, 0.717) is 11.3 Å². The quantitative estimate of drug-likeness (QED) is 0.446. The van der Waals surface area contributed by atoms with Gasteiger partial charge in [0, 0.05) is 36.3 Å². The summed E-state index contributed by atoms with van der Waals surface area (Å²) < 4.78 is 0. The Morgan fingerprint density at radius 3 is 2.88 bits per heavy atom. The Labute approximate surface area is 150 Å². The number of aromatic nitrogens is 3. The van der Waals surface area contributed by atoms with Crippen molar-refractivity contribution in [1.29, 1.82) is 0 Å². The second kappa shape index (κ2) is 7.64. The highest BCUT2D eigenvalue weighted by Crippen LogP contribution is 2.21. The molecule has 134 valence electrons. The molecule has 3 aromatic rings. The smallest absolute Gasteiger partial charge is 0.337 e. The minimum Gasteiger partial charge on any atom is -0.478 e. The maximum Gasteiger partial charge on any atom is 0.337 e. The number of anilines is 2. The van der Waals surface area contributed by atoms with Crippen LogP contribution in [-0.2, 0) is 0 Å². The van der Waals surface area contributed by atoms with E-state index < -0.39 is 5.97 Å². The van der Waals surface area contributed by atoms with Crippen molar-refractivity contribution in [2.45, 2.75) is 13.8 Å². The van der Waals surface area contributed by atoms with Gasteiger partial charge < -0.3 is 15.0 Å². The number of hydrogen-bond acceptors (Lipinski definition) is 6. The predicted molar refractivity (Wildman–Crippen MR) is 102 cm³/mol. The number of hydrogen-bond donors (Lipinski definition) is 3. The Kier molecular flexibility index (Phi) is 5.12. The van der Waals surface area contributed by atoms with E-state index >= 15 is 0 Å². The largest absolute Gasteiger partial charge is 0.478 e. The second-order valence-electron chi connectivity index (χ2n) is 5.58. The van der Waals surface area contributed by atoms with E-state index in [0.717, 1.165) is 29.9 Å². The van der Waals surface area contributed by atoms with Gasteiger partial charge in [0.05, 0.1) is 17.3 Å². The Balaban J connectivity index is 1.79. The van der Waals surface area contributed by atoms with Gasteiger partial charge in [0.15, 0.2) is 5.82 Å². The fraction of sp³-hybridized carbons (Fsp3) is 0.222. The number of rotatable bonds is 7. The highest BCUT2D eigenvalue weighted by atomic mass is 16.4. The van der Waals surface area contributed by atoms with Gasteiger partial charge in [-0.15, -0.1) is 0 Å². The number of nitrogens with one attached hydrogen (secondary N) is 2. The summed E-state index contributed by atoms with van der Waals surface area (Å²) in [7, 11) is 0. The van der Waals surface area contributed by atoms with Crippen LogP contribution in [-0.4, -0.2) is 45.3 Å². The van der Waals surface area contributed by atoms with Gasteiger partial charge in [-0.1, -0.05) is 12.1 Å². The second-order valence-corrected chi connectivity index (χ2v) is 5.58. The molecule has 8 nitrogen and oxygen atoms in total. The minimum absolute atomic E-state index is 0.231. The molecule has 0 atom stereocenters. The van der Waals surface area contributed by atoms with Gasteiger partial charge in [0.1, 0.15) is 12.1 Å². The van der Waals surface area contributed by atoms with Gasteiger partial charge in [-0.3, -0.25) is 5.43 Å². The Hall–Kier alpha value is -3.42. The molecule has 8 heteroatoms. The van der Waals surface area contributed by atoms with Crippen molar-refractivity contribution >= 4 is 34.7 Å². The fourth-order valence-electron chi connectivity index (χ4n) is 2.76. The van der Waals surface area contributed by atoms with Crippen molar-refractivity contribution in [2.24, 2.45) is 5.10 Å². The maximum atomic E-state index is 11.3.